The average molecular weight is 209 g/mol. The minimum absolute atomic E-state index is 0.0774. The lowest BCUT2D eigenvalue weighted by Gasteiger charge is -1.96. The van der Waals surface area contributed by atoms with E-state index in [1.165, 1.54) is 0 Å². The van der Waals surface area contributed by atoms with Crippen molar-refractivity contribution in [2.45, 2.75) is 0 Å². The molecule has 0 spiro atoms. The number of nitrogen functional groups attached to an aromatic ring is 1. The van der Waals surface area contributed by atoms with E-state index in [2.05, 4.69) is 20.9 Å². The second kappa shape index (κ2) is 2.49. The maximum Gasteiger partial charge on any atom is 0.168 e. The third-order valence-corrected chi connectivity index (χ3v) is 1.47. The van der Waals surface area contributed by atoms with E-state index >= 15 is 0 Å². The molecule has 1 heterocycles. The second-order valence-corrected chi connectivity index (χ2v) is 2.38. The minimum Gasteiger partial charge on any atom is -0.381 e. The summed E-state index contributed by atoms with van der Waals surface area (Å²) in [7, 11) is 0. The van der Waals surface area contributed by atoms with Gasteiger partial charge in [0.1, 0.15) is 4.60 Å². The number of pyridine rings is 1. The van der Waals surface area contributed by atoms with Gasteiger partial charge in [0.2, 0.25) is 0 Å². The number of halogens is 3. The van der Waals surface area contributed by atoms with Crippen LogP contribution in [0.1, 0.15) is 0 Å². The molecule has 54 valence electrons. The number of nitrogens with zero attached hydrogens (tertiary/aromatic N) is 1. The van der Waals surface area contributed by atoms with Crippen molar-refractivity contribution in [3.63, 3.8) is 0 Å². The molecule has 0 aliphatic carbocycles. The van der Waals surface area contributed by atoms with Crippen LogP contribution in [0.25, 0.3) is 0 Å². The summed E-state index contributed by atoms with van der Waals surface area (Å²) in [5, 5.41) is 0. The second-order valence-electron chi connectivity index (χ2n) is 1.63. The Labute approximate surface area is 64.2 Å². The Balaban J connectivity index is 3.28. The van der Waals surface area contributed by atoms with Gasteiger partial charge >= 0.3 is 0 Å². The molecule has 0 saturated heterocycles. The standard InChI is InChI=1S/C5H3BrF2N2/c6-4-2(7)1-3(8)5(9)10-4/h1H,(H2,9,10). The largest absolute Gasteiger partial charge is 0.381 e. The summed E-state index contributed by atoms with van der Waals surface area (Å²) < 4.78 is 24.6. The van der Waals surface area contributed by atoms with Gasteiger partial charge in [-0.05, 0) is 15.9 Å². The highest BCUT2D eigenvalue weighted by Gasteiger charge is 2.05. The van der Waals surface area contributed by atoms with E-state index in [0.717, 1.165) is 0 Å². The van der Waals surface area contributed by atoms with E-state index in [9.17, 15) is 8.78 Å². The van der Waals surface area contributed by atoms with Crippen LogP contribution >= 0.6 is 15.9 Å². The van der Waals surface area contributed by atoms with E-state index in [-0.39, 0.29) is 10.4 Å². The van der Waals surface area contributed by atoms with Gasteiger partial charge in [0.15, 0.2) is 17.5 Å². The van der Waals surface area contributed by atoms with Gasteiger partial charge in [0, 0.05) is 6.07 Å². The lowest BCUT2D eigenvalue weighted by atomic mass is 10.4. The topological polar surface area (TPSA) is 38.9 Å². The highest BCUT2D eigenvalue weighted by atomic mass is 79.9. The molecule has 0 atom stereocenters. The lowest BCUT2D eigenvalue weighted by molar-refractivity contribution is 0.571. The van der Waals surface area contributed by atoms with E-state index in [0.29, 0.717) is 6.07 Å². The third-order valence-electron chi connectivity index (χ3n) is 0.914. The molecule has 0 unspecified atom stereocenters. The molecule has 1 aromatic heterocycles. The van der Waals surface area contributed by atoms with Gasteiger partial charge in [-0.25, -0.2) is 13.8 Å². The average Bonchev–Trinajstić information content (AvgIpc) is 1.84. The van der Waals surface area contributed by atoms with E-state index < -0.39 is 11.6 Å². The molecule has 0 fully saturated rings. The van der Waals surface area contributed by atoms with Crippen molar-refractivity contribution in [3.05, 3.63) is 22.3 Å². The van der Waals surface area contributed by atoms with Crippen molar-refractivity contribution in [1.82, 2.24) is 4.98 Å². The SMILES string of the molecule is Nc1nc(Br)c(F)cc1F. The Morgan fingerprint density at radius 3 is 2.50 bits per heavy atom. The highest BCUT2D eigenvalue weighted by molar-refractivity contribution is 9.10. The maximum atomic E-state index is 12.4. The first-order valence-electron chi connectivity index (χ1n) is 2.38. The van der Waals surface area contributed by atoms with Crippen molar-refractivity contribution < 1.29 is 8.78 Å². The van der Waals surface area contributed by atoms with Crippen LogP contribution in [-0.4, -0.2) is 4.98 Å². The molecular weight excluding hydrogens is 206 g/mol. The molecule has 1 rings (SSSR count). The summed E-state index contributed by atoms with van der Waals surface area (Å²) in [6.45, 7) is 0. The van der Waals surface area contributed by atoms with Gasteiger partial charge in [-0.1, -0.05) is 0 Å². The highest BCUT2D eigenvalue weighted by Crippen LogP contribution is 2.16. The van der Waals surface area contributed by atoms with E-state index in [1.807, 2.05) is 0 Å². The molecule has 0 saturated carbocycles. The zero-order chi connectivity index (χ0) is 7.72. The lowest BCUT2D eigenvalue weighted by Crippen LogP contribution is -1.96. The minimum atomic E-state index is -0.847. The first-order chi connectivity index (χ1) is 4.61. The molecule has 0 aliphatic heterocycles. The van der Waals surface area contributed by atoms with Crippen LogP contribution in [0.3, 0.4) is 0 Å². The van der Waals surface area contributed by atoms with Crippen molar-refractivity contribution in [2.24, 2.45) is 0 Å². The monoisotopic (exact) mass is 208 g/mol. The van der Waals surface area contributed by atoms with Crippen molar-refractivity contribution >= 4 is 21.7 Å². The van der Waals surface area contributed by atoms with Crippen LogP contribution in [0, 0.1) is 11.6 Å². The van der Waals surface area contributed by atoms with Gasteiger partial charge in [0.05, 0.1) is 0 Å². The number of hydrogen-bond acceptors (Lipinski definition) is 2. The summed E-state index contributed by atoms with van der Waals surface area (Å²) in [6.07, 6.45) is 0. The molecule has 5 heteroatoms. The molecule has 0 bridgehead atoms. The molecule has 0 aliphatic rings. The molecular formula is C5H3BrF2N2. The zero-order valence-electron chi connectivity index (χ0n) is 4.74. The van der Waals surface area contributed by atoms with Gasteiger partial charge in [0.25, 0.3) is 0 Å². The van der Waals surface area contributed by atoms with Gasteiger partial charge in [-0.15, -0.1) is 0 Å². The normalized spacial score (nSPS) is 9.90. The number of anilines is 1. The Morgan fingerprint density at radius 2 is 2.00 bits per heavy atom. The van der Waals surface area contributed by atoms with Gasteiger partial charge in [-0.3, -0.25) is 0 Å². The molecule has 1 aromatic rings. The Kier molecular flexibility index (Phi) is 1.85. The van der Waals surface area contributed by atoms with E-state index in [4.69, 9.17) is 5.73 Å². The molecule has 0 amide bonds. The fourth-order valence-electron chi connectivity index (χ4n) is 0.457. The summed E-state index contributed by atoms with van der Waals surface area (Å²) in [5.74, 6) is -1.92. The summed E-state index contributed by atoms with van der Waals surface area (Å²) in [6, 6.07) is 0.673. The predicted molar refractivity (Wildman–Crippen MR) is 36.3 cm³/mol. The first-order valence-corrected chi connectivity index (χ1v) is 3.17. The fourth-order valence-corrected chi connectivity index (χ4v) is 0.763. The Hall–Kier alpha value is -0.710. The number of aromatic nitrogens is 1. The van der Waals surface area contributed by atoms with Crippen LogP contribution in [0.2, 0.25) is 0 Å². The predicted octanol–water partition coefficient (Wildman–Crippen LogP) is 1.70. The number of nitrogens with two attached hydrogens (primary N) is 1. The van der Waals surface area contributed by atoms with Gasteiger partial charge < -0.3 is 5.73 Å². The molecule has 2 nitrogen and oxygen atoms in total. The van der Waals surface area contributed by atoms with Crippen LogP contribution in [0.5, 0.6) is 0 Å². The van der Waals surface area contributed by atoms with Crippen molar-refractivity contribution in [3.8, 4) is 0 Å². The number of rotatable bonds is 0. The van der Waals surface area contributed by atoms with Crippen LogP contribution in [0.4, 0.5) is 14.6 Å². The van der Waals surface area contributed by atoms with Crippen molar-refractivity contribution in [2.75, 3.05) is 5.73 Å². The maximum absolute atomic E-state index is 12.4. The molecule has 10 heavy (non-hydrogen) atoms. The van der Waals surface area contributed by atoms with E-state index in [1.54, 1.807) is 0 Å². The summed E-state index contributed by atoms with van der Waals surface area (Å²) >= 11 is 2.75. The summed E-state index contributed by atoms with van der Waals surface area (Å²) in [5.41, 5.74) is 5.01. The smallest absolute Gasteiger partial charge is 0.168 e. The molecule has 0 radical (unpaired) electrons. The number of hydrogen-bond donors (Lipinski definition) is 1. The molecule has 0 aromatic carbocycles. The Morgan fingerprint density at radius 1 is 1.40 bits per heavy atom. The summed E-state index contributed by atoms with van der Waals surface area (Å²) in [4.78, 5) is 3.32. The zero-order valence-corrected chi connectivity index (χ0v) is 6.32. The molecule has 2 N–H and O–H groups in total. The van der Waals surface area contributed by atoms with Crippen LogP contribution in [-0.2, 0) is 0 Å². The third kappa shape index (κ3) is 1.23. The quantitative estimate of drug-likeness (QED) is 0.660. The van der Waals surface area contributed by atoms with Crippen LogP contribution < -0.4 is 5.73 Å². The van der Waals surface area contributed by atoms with Crippen LogP contribution in [0.15, 0.2) is 10.7 Å². The fraction of sp³-hybridized carbons (Fsp3) is 0. The van der Waals surface area contributed by atoms with Crippen molar-refractivity contribution in [1.29, 1.82) is 0 Å². The van der Waals surface area contributed by atoms with Gasteiger partial charge in [-0.2, -0.15) is 0 Å². The Bertz CT molecular complexity index is 214. The first kappa shape index (κ1) is 7.40.